The molecule has 1 saturated heterocycles. The first kappa shape index (κ1) is 20.6. The maximum atomic E-state index is 12.7. The van der Waals surface area contributed by atoms with Gasteiger partial charge in [0.05, 0.1) is 12.0 Å². The van der Waals surface area contributed by atoms with E-state index in [1.54, 1.807) is 43.5 Å². The van der Waals surface area contributed by atoms with Gasteiger partial charge in [0.15, 0.2) is 4.32 Å². The van der Waals surface area contributed by atoms with Crippen molar-refractivity contribution in [3.8, 4) is 11.5 Å². The van der Waals surface area contributed by atoms with Crippen molar-refractivity contribution in [3.63, 3.8) is 0 Å². The number of thiocarbonyl (C=S) groups is 1. The summed E-state index contributed by atoms with van der Waals surface area (Å²) in [4.78, 5) is 25.6. The predicted molar refractivity (Wildman–Crippen MR) is 118 cm³/mol. The fourth-order valence-corrected chi connectivity index (χ4v) is 3.65. The molecule has 1 N–H and O–H groups in total. The number of carbonyl (C=O) groups excluding carboxylic acids is 2. The average molecular weight is 427 g/mol. The molecule has 0 bridgehead atoms. The Hall–Kier alpha value is -3.10. The number of hydrogen-bond acceptors (Lipinski definition) is 6. The Labute approximate surface area is 178 Å². The molecule has 0 spiro atoms. The highest BCUT2D eigenvalue weighted by molar-refractivity contribution is 8.26. The van der Waals surface area contributed by atoms with Crippen LogP contribution in [0.4, 0.5) is 0 Å². The number of thioether (sulfide) groups is 1. The summed E-state index contributed by atoms with van der Waals surface area (Å²) >= 11 is 6.38. The van der Waals surface area contributed by atoms with Crippen LogP contribution >= 0.6 is 24.0 Å². The lowest BCUT2D eigenvalue weighted by Gasteiger charge is -2.15. The summed E-state index contributed by atoms with van der Waals surface area (Å²) in [6.07, 6.45) is 3.36. The Morgan fingerprint density at radius 3 is 2.69 bits per heavy atom. The van der Waals surface area contributed by atoms with Crippen LogP contribution in [-0.2, 0) is 4.79 Å². The molecule has 0 radical (unpaired) electrons. The van der Waals surface area contributed by atoms with Crippen molar-refractivity contribution in [2.45, 2.75) is 0 Å². The molecule has 0 aliphatic carbocycles. The van der Waals surface area contributed by atoms with Crippen molar-refractivity contribution in [3.05, 3.63) is 77.2 Å². The maximum Gasteiger partial charge on any atom is 0.285 e. The Morgan fingerprint density at radius 2 is 2.00 bits per heavy atom. The van der Waals surface area contributed by atoms with E-state index in [0.717, 1.165) is 22.3 Å². The van der Waals surface area contributed by atoms with Gasteiger partial charge < -0.3 is 9.47 Å². The molecule has 6 nitrogen and oxygen atoms in total. The lowest BCUT2D eigenvalue weighted by molar-refractivity contribution is -0.123. The van der Waals surface area contributed by atoms with Crippen LogP contribution in [0.2, 0.25) is 0 Å². The summed E-state index contributed by atoms with van der Waals surface area (Å²) in [5, 5.41) is 1.08. The van der Waals surface area contributed by atoms with Gasteiger partial charge in [-0.25, -0.2) is 0 Å². The zero-order valence-corrected chi connectivity index (χ0v) is 17.2. The van der Waals surface area contributed by atoms with Gasteiger partial charge in [-0.15, -0.1) is 0 Å². The molecule has 2 aromatic carbocycles. The number of ether oxygens (including phenoxy) is 2. The zero-order valence-electron chi connectivity index (χ0n) is 15.6. The molecule has 0 saturated carbocycles. The van der Waals surface area contributed by atoms with E-state index < -0.39 is 5.91 Å². The van der Waals surface area contributed by atoms with Crippen LogP contribution in [0.1, 0.15) is 15.9 Å². The normalized spacial score (nSPS) is 14.8. The highest BCUT2D eigenvalue weighted by Gasteiger charge is 2.33. The first-order valence-corrected chi connectivity index (χ1v) is 9.81. The largest absolute Gasteiger partial charge is 0.497 e. The second-order valence-corrected chi connectivity index (χ2v) is 7.53. The number of rotatable bonds is 7. The lowest BCUT2D eigenvalue weighted by atomic mass is 10.2. The first-order chi connectivity index (χ1) is 14.0. The highest BCUT2D eigenvalue weighted by atomic mass is 32.2. The topological polar surface area (TPSA) is 67.9 Å². The molecule has 2 amide bonds. The smallest absolute Gasteiger partial charge is 0.285 e. The zero-order chi connectivity index (χ0) is 20.8. The van der Waals surface area contributed by atoms with Crippen LogP contribution in [0.3, 0.4) is 0 Å². The van der Waals surface area contributed by atoms with Crippen molar-refractivity contribution >= 4 is 46.2 Å². The molecular formula is C21H18N2O4S2. The Kier molecular flexibility index (Phi) is 6.69. The van der Waals surface area contributed by atoms with Gasteiger partial charge in [0.1, 0.15) is 18.1 Å². The molecule has 0 unspecified atom stereocenters. The van der Waals surface area contributed by atoms with Gasteiger partial charge in [-0.05, 0) is 60.3 Å². The van der Waals surface area contributed by atoms with Crippen LogP contribution in [0, 0.1) is 0 Å². The Morgan fingerprint density at radius 1 is 1.24 bits per heavy atom. The van der Waals surface area contributed by atoms with E-state index in [1.165, 1.54) is 0 Å². The third-order valence-corrected chi connectivity index (χ3v) is 5.19. The SMILES string of the molecule is C=CCOc1cccc(/C=C2/SC(=S)N(NC(=O)c3ccc(OC)cc3)C2=O)c1. The van der Waals surface area contributed by atoms with Gasteiger partial charge in [0.2, 0.25) is 0 Å². The maximum absolute atomic E-state index is 12.7. The van der Waals surface area contributed by atoms with Gasteiger partial charge in [0, 0.05) is 5.56 Å². The summed E-state index contributed by atoms with van der Waals surface area (Å²) in [6, 6.07) is 13.9. The van der Waals surface area contributed by atoms with Crippen molar-refractivity contribution in [1.29, 1.82) is 0 Å². The van der Waals surface area contributed by atoms with Crippen LogP contribution in [0.25, 0.3) is 6.08 Å². The summed E-state index contributed by atoms with van der Waals surface area (Å²) in [6.45, 7) is 4.01. The van der Waals surface area contributed by atoms with E-state index in [2.05, 4.69) is 12.0 Å². The van der Waals surface area contributed by atoms with E-state index in [4.69, 9.17) is 21.7 Å². The number of methoxy groups -OCH3 is 1. The molecule has 0 aromatic heterocycles. The Bertz CT molecular complexity index is 986. The second kappa shape index (κ2) is 9.40. The predicted octanol–water partition coefficient (Wildman–Crippen LogP) is 3.81. The van der Waals surface area contributed by atoms with Gasteiger partial charge in [0.25, 0.3) is 11.8 Å². The monoisotopic (exact) mass is 426 g/mol. The van der Waals surface area contributed by atoms with Crippen LogP contribution in [-0.4, -0.2) is 34.9 Å². The number of benzene rings is 2. The van der Waals surface area contributed by atoms with Gasteiger partial charge in [-0.3, -0.25) is 15.0 Å². The third kappa shape index (κ3) is 5.04. The van der Waals surface area contributed by atoms with Gasteiger partial charge in [-0.1, -0.05) is 36.5 Å². The molecule has 1 heterocycles. The minimum atomic E-state index is -0.440. The minimum absolute atomic E-state index is 0.252. The number of hydrazine groups is 1. The molecule has 148 valence electrons. The van der Waals surface area contributed by atoms with E-state index in [1.807, 2.05) is 24.3 Å². The van der Waals surface area contributed by atoms with Crippen LogP contribution in [0.15, 0.2) is 66.1 Å². The number of nitrogens with one attached hydrogen (secondary N) is 1. The molecule has 29 heavy (non-hydrogen) atoms. The standard InChI is InChI=1S/C21H18N2O4S2/c1-3-11-27-17-6-4-5-14(12-17)13-18-20(25)23(21(28)29-18)22-19(24)15-7-9-16(26-2)10-8-15/h3-10,12-13H,1,11H2,2H3,(H,22,24)/b18-13+. The van der Waals surface area contributed by atoms with E-state index in [-0.39, 0.29) is 10.2 Å². The lowest BCUT2D eigenvalue weighted by Crippen LogP contribution is -2.44. The average Bonchev–Trinajstić information content (AvgIpc) is 2.99. The molecule has 2 aromatic rings. The summed E-state index contributed by atoms with van der Waals surface area (Å²) in [7, 11) is 1.54. The fraction of sp³-hybridized carbons (Fsp3) is 0.0952. The van der Waals surface area contributed by atoms with Crippen molar-refractivity contribution in [2.24, 2.45) is 0 Å². The van der Waals surface area contributed by atoms with Crippen LogP contribution in [0.5, 0.6) is 11.5 Å². The Balaban J connectivity index is 1.72. The van der Waals surface area contributed by atoms with Gasteiger partial charge in [-0.2, -0.15) is 5.01 Å². The van der Waals surface area contributed by atoms with Crippen molar-refractivity contribution in [1.82, 2.24) is 10.4 Å². The minimum Gasteiger partial charge on any atom is -0.497 e. The van der Waals surface area contributed by atoms with E-state index in [9.17, 15) is 9.59 Å². The summed E-state index contributed by atoms with van der Waals surface area (Å²) < 4.78 is 10.8. The highest BCUT2D eigenvalue weighted by Crippen LogP contribution is 2.32. The number of carbonyl (C=O) groups is 2. The van der Waals surface area contributed by atoms with Gasteiger partial charge >= 0.3 is 0 Å². The van der Waals surface area contributed by atoms with E-state index >= 15 is 0 Å². The van der Waals surface area contributed by atoms with E-state index in [0.29, 0.717) is 28.6 Å². The van der Waals surface area contributed by atoms with Crippen molar-refractivity contribution in [2.75, 3.05) is 13.7 Å². The summed E-state index contributed by atoms with van der Waals surface area (Å²) in [5.74, 6) is 0.473. The molecular weight excluding hydrogens is 408 g/mol. The fourth-order valence-electron chi connectivity index (χ4n) is 2.47. The first-order valence-electron chi connectivity index (χ1n) is 8.58. The number of nitrogens with zero attached hydrogens (tertiary/aromatic N) is 1. The third-order valence-electron chi connectivity index (χ3n) is 3.88. The molecule has 1 aliphatic rings. The van der Waals surface area contributed by atoms with Crippen LogP contribution < -0.4 is 14.9 Å². The number of amides is 2. The molecule has 1 fully saturated rings. The van der Waals surface area contributed by atoms with Crippen molar-refractivity contribution < 1.29 is 19.1 Å². The second-order valence-electron chi connectivity index (χ2n) is 5.86. The molecule has 0 atom stereocenters. The molecule has 1 aliphatic heterocycles. The summed E-state index contributed by atoms with van der Waals surface area (Å²) in [5.41, 5.74) is 3.72. The number of hydrogen-bond donors (Lipinski definition) is 1. The molecule has 8 heteroatoms. The quantitative estimate of drug-likeness (QED) is 0.413. The molecule has 3 rings (SSSR count).